The molecule has 0 aliphatic carbocycles. The number of fused-ring (bicyclic) bond motifs is 1. The Kier molecular flexibility index (Phi) is 4.27. The quantitative estimate of drug-likeness (QED) is 0.482. The molecule has 19 heavy (non-hydrogen) atoms. The molecule has 3 rings (SSSR count). The van der Waals surface area contributed by atoms with E-state index in [1.165, 1.54) is 11.3 Å². The first-order valence-corrected chi connectivity index (χ1v) is 8.64. The number of hydrogen-bond donors (Lipinski definition) is 0. The van der Waals surface area contributed by atoms with Crippen LogP contribution in [0, 0.1) is 0 Å². The molecule has 0 amide bonds. The fraction of sp³-hybridized carbons (Fsp3) is 0.538. The fourth-order valence-electron chi connectivity index (χ4n) is 2.15. The van der Waals surface area contributed by atoms with Crippen molar-refractivity contribution in [1.29, 1.82) is 0 Å². The van der Waals surface area contributed by atoms with E-state index >= 15 is 0 Å². The van der Waals surface area contributed by atoms with Crippen molar-refractivity contribution in [3.63, 3.8) is 0 Å². The van der Waals surface area contributed by atoms with Gasteiger partial charge in [0.1, 0.15) is 9.86 Å². The van der Waals surface area contributed by atoms with Crippen molar-refractivity contribution < 1.29 is 4.74 Å². The van der Waals surface area contributed by atoms with Crippen LogP contribution < -0.4 is 0 Å². The minimum atomic E-state index is 0.340. The molecule has 1 atom stereocenters. The molecule has 2 aromatic heterocycles. The molecule has 0 saturated carbocycles. The molecule has 2 aromatic rings. The van der Waals surface area contributed by atoms with Gasteiger partial charge >= 0.3 is 0 Å². The summed E-state index contributed by atoms with van der Waals surface area (Å²) in [5, 5.41) is 2.46. The van der Waals surface area contributed by atoms with E-state index in [4.69, 9.17) is 16.3 Å². The molecule has 0 bridgehead atoms. The van der Waals surface area contributed by atoms with Gasteiger partial charge in [0.05, 0.1) is 6.10 Å². The molecule has 0 radical (unpaired) electrons. The first-order valence-electron chi connectivity index (χ1n) is 6.46. The highest BCUT2D eigenvalue weighted by Gasteiger charge is 2.18. The standard InChI is InChI=1S/C13H15ClN2OS2/c1-2-9-6-10-11(15-13(14)16-12(10)19-9)18-7-8-4-3-5-17-8/h6,8H,2-5,7H2,1H3. The van der Waals surface area contributed by atoms with E-state index in [0.29, 0.717) is 11.4 Å². The average Bonchev–Trinajstić information content (AvgIpc) is 3.04. The molecule has 6 heteroatoms. The summed E-state index contributed by atoms with van der Waals surface area (Å²) < 4.78 is 5.65. The predicted octanol–water partition coefficient (Wildman–Crippen LogP) is 4.18. The molecule has 0 spiro atoms. The van der Waals surface area contributed by atoms with Gasteiger partial charge in [-0.3, -0.25) is 0 Å². The zero-order chi connectivity index (χ0) is 13.2. The number of nitrogens with zero attached hydrogens (tertiary/aromatic N) is 2. The van der Waals surface area contributed by atoms with Gasteiger partial charge < -0.3 is 4.74 Å². The highest BCUT2D eigenvalue weighted by Crippen LogP contribution is 2.33. The Morgan fingerprint density at radius 2 is 2.42 bits per heavy atom. The minimum Gasteiger partial charge on any atom is -0.377 e. The molecule has 3 heterocycles. The third-order valence-corrected chi connectivity index (χ3v) is 5.63. The Morgan fingerprint density at radius 3 is 3.16 bits per heavy atom. The van der Waals surface area contributed by atoms with Gasteiger partial charge in [0, 0.05) is 22.6 Å². The molecular formula is C13H15ClN2OS2. The van der Waals surface area contributed by atoms with E-state index in [-0.39, 0.29) is 0 Å². The van der Waals surface area contributed by atoms with E-state index in [9.17, 15) is 0 Å². The average molecular weight is 315 g/mol. The van der Waals surface area contributed by atoms with Crippen LogP contribution >= 0.6 is 34.7 Å². The van der Waals surface area contributed by atoms with Gasteiger partial charge in [-0.2, -0.15) is 0 Å². The second-order valence-corrected chi connectivity index (χ2v) is 6.99. The normalized spacial score (nSPS) is 19.4. The van der Waals surface area contributed by atoms with Crippen LogP contribution in [-0.2, 0) is 11.2 Å². The summed E-state index contributed by atoms with van der Waals surface area (Å²) in [7, 11) is 0. The van der Waals surface area contributed by atoms with Gasteiger partial charge in [-0.15, -0.1) is 23.1 Å². The molecule has 1 aliphatic rings. The van der Waals surface area contributed by atoms with Gasteiger partial charge in [-0.05, 0) is 36.9 Å². The highest BCUT2D eigenvalue weighted by molar-refractivity contribution is 7.99. The van der Waals surface area contributed by atoms with Gasteiger partial charge in [-0.1, -0.05) is 6.92 Å². The van der Waals surface area contributed by atoms with E-state index < -0.39 is 0 Å². The first-order chi connectivity index (χ1) is 9.26. The van der Waals surface area contributed by atoms with E-state index in [1.807, 2.05) is 0 Å². The monoisotopic (exact) mass is 314 g/mol. The third kappa shape index (κ3) is 3.05. The zero-order valence-corrected chi connectivity index (χ0v) is 13.1. The lowest BCUT2D eigenvalue weighted by molar-refractivity contribution is 0.129. The van der Waals surface area contributed by atoms with Crippen molar-refractivity contribution in [2.24, 2.45) is 0 Å². The first kappa shape index (κ1) is 13.6. The summed E-state index contributed by atoms with van der Waals surface area (Å²) in [6.07, 6.45) is 3.70. The Hall–Kier alpha value is -0.360. The number of aromatic nitrogens is 2. The SMILES string of the molecule is CCc1cc2c(SCC3CCCO3)nc(Cl)nc2s1. The molecule has 0 aromatic carbocycles. The molecule has 1 aliphatic heterocycles. The second-order valence-electron chi connectivity index (χ2n) is 4.53. The number of halogens is 1. The zero-order valence-electron chi connectivity index (χ0n) is 10.7. The maximum atomic E-state index is 6.01. The summed E-state index contributed by atoms with van der Waals surface area (Å²) in [5.74, 6) is 0.944. The van der Waals surface area contributed by atoms with E-state index in [0.717, 1.165) is 40.4 Å². The Balaban J connectivity index is 1.85. The van der Waals surface area contributed by atoms with E-state index in [2.05, 4.69) is 23.0 Å². The summed E-state index contributed by atoms with van der Waals surface area (Å²) in [4.78, 5) is 11.0. The van der Waals surface area contributed by atoms with Crippen LogP contribution in [0.5, 0.6) is 0 Å². The summed E-state index contributed by atoms with van der Waals surface area (Å²) >= 11 is 9.45. The maximum absolute atomic E-state index is 6.01. The van der Waals surface area contributed by atoms with Crippen LogP contribution in [0.4, 0.5) is 0 Å². The Bertz CT molecular complexity index is 581. The molecule has 1 unspecified atom stereocenters. The fourth-order valence-corrected chi connectivity index (χ4v) is 4.52. The van der Waals surface area contributed by atoms with E-state index in [1.54, 1.807) is 23.1 Å². The third-order valence-electron chi connectivity index (χ3n) is 3.16. The Labute approximate surface area is 125 Å². The number of ether oxygens (including phenoxy) is 1. The predicted molar refractivity (Wildman–Crippen MR) is 81.5 cm³/mol. The van der Waals surface area contributed by atoms with Crippen LogP contribution in [0.3, 0.4) is 0 Å². The van der Waals surface area contributed by atoms with Crippen molar-refractivity contribution in [1.82, 2.24) is 9.97 Å². The minimum absolute atomic E-state index is 0.340. The number of aryl methyl sites for hydroxylation is 1. The Morgan fingerprint density at radius 1 is 1.53 bits per heavy atom. The van der Waals surface area contributed by atoms with Crippen molar-refractivity contribution in [3.8, 4) is 0 Å². The molecule has 1 saturated heterocycles. The largest absolute Gasteiger partial charge is 0.377 e. The number of thioether (sulfide) groups is 1. The number of rotatable bonds is 4. The highest BCUT2D eigenvalue weighted by atomic mass is 35.5. The van der Waals surface area contributed by atoms with Gasteiger partial charge in [-0.25, -0.2) is 9.97 Å². The molecule has 102 valence electrons. The summed E-state index contributed by atoms with van der Waals surface area (Å²) in [5.41, 5.74) is 0. The van der Waals surface area contributed by atoms with Crippen molar-refractivity contribution in [2.75, 3.05) is 12.4 Å². The maximum Gasteiger partial charge on any atom is 0.224 e. The van der Waals surface area contributed by atoms with Crippen LogP contribution in [-0.4, -0.2) is 28.4 Å². The second kappa shape index (κ2) is 5.95. The van der Waals surface area contributed by atoms with Crippen LogP contribution in [0.2, 0.25) is 5.28 Å². The molecule has 3 nitrogen and oxygen atoms in total. The lowest BCUT2D eigenvalue weighted by Gasteiger charge is -2.08. The van der Waals surface area contributed by atoms with Crippen molar-refractivity contribution in [3.05, 3.63) is 16.2 Å². The van der Waals surface area contributed by atoms with Gasteiger partial charge in [0.15, 0.2) is 0 Å². The lowest BCUT2D eigenvalue weighted by Crippen LogP contribution is -2.08. The number of hydrogen-bond acceptors (Lipinski definition) is 5. The molecule has 1 fully saturated rings. The summed E-state index contributed by atoms with van der Waals surface area (Å²) in [6, 6.07) is 2.19. The molecule has 0 N–H and O–H groups in total. The van der Waals surface area contributed by atoms with Crippen molar-refractivity contribution in [2.45, 2.75) is 37.3 Å². The van der Waals surface area contributed by atoms with Gasteiger partial charge in [0.25, 0.3) is 0 Å². The summed E-state index contributed by atoms with van der Waals surface area (Å²) in [6.45, 7) is 3.04. The van der Waals surface area contributed by atoms with Crippen LogP contribution in [0.1, 0.15) is 24.6 Å². The van der Waals surface area contributed by atoms with Crippen molar-refractivity contribution >= 4 is 44.9 Å². The van der Waals surface area contributed by atoms with Crippen LogP contribution in [0.25, 0.3) is 10.2 Å². The van der Waals surface area contributed by atoms with Gasteiger partial charge in [0.2, 0.25) is 5.28 Å². The number of thiophene rings is 1. The smallest absolute Gasteiger partial charge is 0.224 e. The topological polar surface area (TPSA) is 35.0 Å². The molecular weight excluding hydrogens is 300 g/mol. The lowest BCUT2D eigenvalue weighted by atomic mass is 10.3. The van der Waals surface area contributed by atoms with Crippen LogP contribution in [0.15, 0.2) is 11.1 Å².